The van der Waals surface area contributed by atoms with Crippen LogP contribution in [0, 0.1) is 0 Å². The van der Waals surface area contributed by atoms with Crippen LogP contribution in [0.25, 0.3) is 5.69 Å². The maximum absolute atomic E-state index is 5.90. The number of aromatic nitrogens is 2. The molecule has 5 heteroatoms. The van der Waals surface area contributed by atoms with Crippen LogP contribution in [0.15, 0.2) is 35.1 Å². The van der Waals surface area contributed by atoms with E-state index in [2.05, 4.69) is 21.0 Å². The van der Waals surface area contributed by atoms with Crippen LogP contribution in [0.1, 0.15) is 0 Å². The number of nitrogens with zero attached hydrogens (tertiary/aromatic N) is 2. The summed E-state index contributed by atoms with van der Waals surface area (Å²) in [5.41, 5.74) is 0.887. The summed E-state index contributed by atoms with van der Waals surface area (Å²) in [5.74, 6) is 0.690. The summed E-state index contributed by atoms with van der Waals surface area (Å²) in [5, 5.41) is 4.86. The average Bonchev–Trinajstić information content (AvgIpc) is 2.59. The molecule has 0 radical (unpaired) electrons. The van der Waals surface area contributed by atoms with Crippen molar-refractivity contribution in [2.24, 2.45) is 0 Å². The fourth-order valence-electron chi connectivity index (χ4n) is 1.24. The van der Waals surface area contributed by atoms with Crippen molar-refractivity contribution in [1.29, 1.82) is 0 Å². The number of benzene rings is 1. The van der Waals surface area contributed by atoms with Gasteiger partial charge in [0.25, 0.3) is 0 Å². The summed E-state index contributed by atoms with van der Waals surface area (Å²) < 4.78 is 7.60. The van der Waals surface area contributed by atoms with Crippen LogP contribution >= 0.6 is 27.5 Å². The number of methoxy groups -OCH3 is 1. The summed E-state index contributed by atoms with van der Waals surface area (Å²) in [6.07, 6.45) is 1.64. The summed E-state index contributed by atoms with van der Waals surface area (Å²) in [6, 6.07) is 7.44. The highest BCUT2D eigenvalue weighted by atomic mass is 79.9. The van der Waals surface area contributed by atoms with E-state index in [9.17, 15) is 0 Å². The maximum atomic E-state index is 5.90. The third kappa shape index (κ3) is 2.01. The molecule has 2 aromatic rings. The van der Waals surface area contributed by atoms with Gasteiger partial charge in [-0.2, -0.15) is 5.10 Å². The molecule has 0 saturated carbocycles. The quantitative estimate of drug-likeness (QED) is 0.847. The summed E-state index contributed by atoms with van der Waals surface area (Å²) >= 11 is 9.31. The first-order chi connectivity index (χ1) is 7.22. The van der Waals surface area contributed by atoms with E-state index in [1.54, 1.807) is 18.0 Å². The largest absolute Gasteiger partial charge is 0.492 e. The number of rotatable bonds is 2. The first-order valence-electron chi connectivity index (χ1n) is 4.26. The van der Waals surface area contributed by atoms with E-state index in [0.29, 0.717) is 10.8 Å². The second-order valence-electron chi connectivity index (χ2n) is 2.90. The van der Waals surface area contributed by atoms with Gasteiger partial charge in [-0.1, -0.05) is 17.7 Å². The molecule has 0 saturated heterocycles. The van der Waals surface area contributed by atoms with Crippen LogP contribution in [0.3, 0.4) is 0 Å². The molecule has 0 spiro atoms. The van der Waals surface area contributed by atoms with Gasteiger partial charge in [-0.15, -0.1) is 0 Å². The van der Waals surface area contributed by atoms with E-state index in [4.69, 9.17) is 16.3 Å². The highest BCUT2D eigenvalue weighted by molar-refractivity contribution is 9.10. The van der Waals surface area contributed by atoms with Crippen molar-refractivity contribution in [3.63, 3.8) is 0 Å². The van der Waals surface area contributed by atoms with Crippen LogP contribution in [0.2, 0.25) is 5.02 Å². The Bertz CT molecular complexity index is 484. The molecule has 0 aliphatic carbocycles. The van der Waals surface area contributed by atoms with Gasteiger partial charge in [0.15, 0.2) is 10.4 Å². The molecule has 1 heterocycles. The van der Waals surface area contributed by atoms with Crippen molar-refractivity contribution < 1.29 is 4.74 Å². The van der Waals surface area contributed by atoms with Crippen molar-refractivity contribution in [2.45, 2.75) is 0 Å². The van der Waals surface area contributed by atoms with Crippen LogP contribution in [-0.2, 0) is 0 Å². The van der Waals surface area contributed by atoms with Gasteiger partial charge in [0.1, 0.15) is 0 Å². The molecule has 0 aliphatic heterocycles. The van der Waals surface area contributed by atoms with Gasteiger partial charge < -0.3 is 4.74 Å². The zero-order valence-corrected chi connectivity index (χ0v) is 10.3. The highest BCUT2D eigenvalue weighted by Crippen LogP contribution is 2.27. The highest BCUT2D eigenvalue weighted by Gasteiger charge is 2.09. The van der Waals surface area contributed by atoms with Gasteiger partial charge in [-0.05, 0) is 34.1 Å². The summed E-state index contributed by atoms with van der Waals surface area (Å²) in [7, 11) is 1.60. The minimum Gasteiger partial charge on any atom is -0.492 e. The van der Waals surface area contributed by atoms with Gasteiger partial charge >= 0.3 is 0 Å². The first kappa shape index (κ1) is 10.5. The van der Waals surface area contributed by atoms with E-state index in [1.807, 2.05) is 24.3 Å². The minimum atomic E-state index is 0.675. The Kier molecular flexibility index (Phi) is 2.98. The van der Waals surface area contributed by atoms with E-state index in [-0.39, 0.29) is 0 Å². The monoisotopic (exact) mass is 286 g/mol. The smallest absolute Gasteiger partial charge is 0.171 e. The predicted molar refractivity (Wildman–Crippen MR) is 62.8 cm³/mol. The maximum Gasteiger partial charge on any atom is 0.171 e. The van der Waals surface area contributed by atoms with Crippen LogP contribution in [0.5, 0.6) is 5.75 Å². The third-order valence-electron chi connectivity index (χ3n) is 1.95. The molecule has 0 unspecified atom stereocenters. The number of ether oxygens (including phenoxy) is 1. The van der Waals surface area contributed by atoms with Crippen molar-refractivity contribution in [3.8, 4) is 11.4 Å². The normalized spacial score (nSPS) is 10.3. The molecule has 1 aromatic carbocycles. The zero-order chi connectivity index (χ0) is 10.8. The van der Waals surface area contributed by atoms with E-state index >= 15 is 0 Å². The van der Waals surface area contributed by atoms with Gasteiger partial charge in [0, 0.05) is 5.02 Å². The van der Waals surface area contributed by atoms with E-state index in [1.165, 1.54) is 0 Å². The molecule has 0 N–H and O–H groups in total. The standard InChI is InChI=1S/C10H8BrClN2O/c1-15-9-6-13-14(10(9)11)8-4-2-3-7(12)5-8/h2-6H,1H3. The van der Waals surface area contributed by atoms with E-state index < -0.39 is 0 Å². The van der Waals surface area contributed by atoms with Crippen molar-refractivity contribution in [3.05, 3.63) is 40.1 Å². The summed E-state index contributed by atoms with van der Waals surface area (Å²) in [4.78, 5) is 0. The molecule has 78 valence electrons. The fraction of sp³-hybridized carbons (Fsp3) is 0.100. The Hall–Kier alpha value is -1.000. The molecule has 0 atom stereocenters. The van der Waals surface area contributed by atoms with Crippen LogP contribution in [-0.4, -0.2) is 16.9 Å². The Morgan fingerprint density at radius 1 is 1.47 bits per heavy atom. The lowest BCUT2D eigenvalue weighted by atomic mass is 10.3. The molecule has 0 bridgehead atoms. The Morgan fingerprint density at radius 3 is 2.87 bits per heavy atom. The number of hydrogen-bond acceptors (Lipinski definition) is 2. The zero-order valence-electron chi connectivity index (χ0n) is 7.95. The lowest BCUT2D eigenvalue weighted by Gasteiger charge is -2.03. The topological polar surface area (TPSA) is 27.1 Å². The molecule has 0 amide bonds. The van der Waals surface area contributed by atoms with Crippen LogP contribution in [0.4, 0.5) is 0 Å². The second-order valence-corrected chi connectivity index (χ2v) is 4.08. The molecule has 1 aromatic heterocycles. The lowest BCUT2D eigenvalue weighted by Crippen LogP contribution is -1.96. The Balaban J connectivity index is 2.49. The fourth-order valence-corrected chi connectivity index (χ4v) is 1.99. The summed E-state index contributed by atoms with van der Waals surface area (Å²) in [6.45, 7) is 0. The van der Waals surface area contributed by atoms with Gasteiger partial charge in [0.2, 0.25) is 0 Å². The van der Waals surface area contributed by atoms with Crippen molar-refractivity contribution in [1.82, 2.24) is 9.78 Å². The van der Waals surface area contributed by atoms with Gasteiger partial charge in [-0.25, -0.2) is 4.68 Å². The average molecular weight is 288 g/mol. The molecular formula is C10H8BrClN2O. The first-order valence-corrected chi connectivity index (χ1v) is 5.43. The van der Waals surface area contributed by atoms with Gasteiger partial charge in [-0.3, -0.25) is 0 Å². The molecular weight excluding hydrogens is 279 g/mol. The van der Waals surface area contributed by atoms with Crippen LogP contribution < -0.4 is 4.74 Å². The second kappa shape index (κ2) is 4.24. The molecule has 15 heavy (non-hydrogen) atoms. The Morgan fingerprint density at radius 2 is 2.27 bits per heavy atom. The van der Waals surface area contributed by atoms with E-state index in [0.717, 1.165) is 10.3 Å². The molecule has 0 aliphatic rings. The predicted octanol–water partition coefficient (Wildman–Crippen LogP) is 3.30. The SMILES string of the molecule is COc1cnn(-c2cccc(Cl)c2)c1Br. The lowest BCUT2D eigenvalue weighted by molar-refractivity contribution is 0.412. The van der Waals surface area contributed by atoms with Crippen molar-refractivity contribution in [2.75, 3.05) is 7.11 Å². The number of hydrogen-bond donors (Lipinski definition) is 0. The number of halogens is 2. The molecule has 3 nitrogen and oxygen atoms in total. The Labute approximate surface area is 101 Å². The third-order valence-corrected chi connectivity index (χ3v) is 2.91. The minimum absolute atomic E-state index is 0.675. The van der Waals surface area contributed by atoms with Gasteiger partial charge in [0.05, 0.1) is 19.0 Å². The molecule has 2 rings (SSSR count). The van der Waals surface area contributed by atoms with Crippen molar-refractivity contribution >= 4 is 27.5 Å². The molecule has 0 fully saturated rings.